The molecule has 1 saturated heterocycles. The predicted octanol–water partition coefficient (Wildman–Crippen LogP) is 0.957. The van der Waals surface area contributed by atoms with E-state index in [2.05, 4.69) is 4.98 Å². The van der Waals surface area contributed by atoms with Crippen molar-refractivity contribution in [3.05, 3.63) is 47.0 Å². The van der Waals surface area contributed by atoms with Crippen molar-refractivity contribution in [3.8, 4) is 0 Å². The Labute approximate surface area is 144 Å². The number of oxazole rings is 1. The van der Waals surface area contributed by atoms with Gasteiger partial charge >= 0.3 is 5.76 Å². The quantitative estimate of drug-likeness (QED) is 0.689. The molecule has 3 heterocycles. The van der Waals surface area contributed by atoms with Crippen LogP contribution in [-0.2, 0) is 23.6 Å². The van der Waals surface area contributed by atoms with Gasteiger partial charge in [-0.3, -0.25) is 4.57 Å². The molecule has 1 fully saturated rings. The minimum absolute atomic E-state index is 0.175. The smallest absolute Gasteiger partial charge is 0.408 e. The molecule has 0 saturated carbocycles. The van der Waals surface area contributed by atoms with Crippen LogP contribution in [0.5, 0.6) is 0 Å². The van der Waals surface area contributed by atoms with Crippen molar-refractivity contribution in [1.29, 1.82) is 0 Å². The van der Waals surface area contributed by atoms with Crippen LogP contribution >= 0.6 is 0 Å². The number of aryl methyl sites for hydroxylation is 2. The highest BCUT2D eigenvalue weighted by Crippen LogP contribution is 2.28. The van der Waals surface area contributed by atoms with Crippen molar-refractivity contribution >= 4 is 21.1 Å². The molecule has 8 nitrogen and oxygen atoms in total. The molecule has 0 aliphatic carbocycles. The van der Waals surface area contributed by atoms with E-state index in [1.165, 1.54) is 27.1 Å². The number of benzene rings is 1. The molecule has 1 aliphatic heterocycles. The summed E-state index contributed by atoms with van der Waals surface area (Å²) < 4.78 is 35.4. The van der Waals surface area contributed by atoms with Crippen LogP contribution in [0.1, 0.15) is 5.82 Å². The fourth-order valence-corrected chi connectivity index (χ4v) is 4.74. The van der Waals surface area contributed by atoms with E-state index in [9.17, 15) is 13.2 Å². The zero-order valence-electron chi connectivity index (χ0n) is 13.9. The van der Waals surface area contributed by atoms with E-state index in [4.69, 9.17) is 4.42 Å². The summed E-state index contributed by atoms with van der Waals surface area (Å²) in [4.78, 5) is 15.9. The minimum atomic E-state index is -3.57. The Morgan fingerprint density at radius 3 is 2.76 bits per heavy atom. The van der Waals surface area contributed by atoms with Crippen LogP contribution in [-0.4, -0.2) is 39.9 Å². The van der Waals surface area contributed by atoms with Gasteiger partial charge in [0.2, 0.25) is 10.0 Å². The van der Waals surface area contributed by atoms with Gasteiger partial charge in [0.1, 0.15) is 5.82 Å². The summed E-state index contributed by atoms with van der Waals surface area (Å²) in [6.45, 7) is 3.63. The first kappa shape index (κ1) is 16.1. The van der Waals surface area contributed by atoms with Crippen LogP contribution < -0.4 is 5.76 Å². The van der Waals surface area contributed by atoms with Gasteiger partial charge in [0.15, 0.2) is 5.58 Å². The fourth-order valence-electron chi connectivity index (χ4n) is 3.13. The summed E-state index contributed by atoms with van der Waals surface area (Å²) in [6.07, 6.45) is 3.65. The van der Waals surface area contributed by atoms with E-state index in [0.717, 1.165) is 12.4 Å². The van der Waals surface area contributed by atoms with Crippen LogP contribution in [0.2, 0.25) is 0 Å². The lowest BCUT2D eigenvalue weighted by Gasteiger charge is -2.38. The van der Waals surface area contributed by atoms with E-state index < -0.39 is 15.8 Å². The number of fused-ring (bicyclic) bond motifs is 1. The second-order valence-electron chi connectivity index (χ2n) is 6.37. The summed E-state index contributed by atoms with van der Waals surface area (Å²) in [5, 5.41) is 0. The van der Waals surface area contributed by atoms with Gasteiger partial charge in [-0.05, 0) is 25.1 Å². The van der Waals surface area contributed by atoms with Crippen molar-refractivity contribution in [2.24, 2.45) is 13.0 Å². The van der Waals surface area contributed by atoms with Gasteiger partial charge in [-0.1, -0.05) is 0 Å². The van der Waals surface area contributed by atoms with Gasteiger partial charge in [-0.2, -0.15) is 4.31 Å². The summed E-state index contributed by atoms with van der Waals surface area (Å²) in [6, 6.07) is 4.49. The van der Waals surface area contributed by atoms with Gasteiger partial charge in [-0.25, -0.2) is 18.2 Å². The lowest BCUT2D eigenvalue weighted by molar-refractivity contribution is 0.179. The highest BCUT2D eigenvalue weighted by Gasteiger charge is 2.37. The molecule has 0 N–H and O–H groups in total. The molecule has 2 aromatic heterocycles. The molecule has 4 rings (SSSR count). The van der Waals surface area contributed by atoms with Crippen molar-refractivity contribution < 1.29 is 12.8 Å². The van der Waals surface area contributed by atoms with Crippen molar-refractivity contribution in [1.82, 2.24) is 18.4 Å². The molecular weight excluding hydrogens is 344 g/mol. The van der Waals surface area contributed by atoms with Crippen molar-refractivity contribution in [2.45, 2.75) is 18.4 Å². The number of hydrogen-bond acceptors (Lipinski definition) is 5. The van der Waals surface area contributed by atoms with Gasteiger partial charge in [0, 0.05) is 45.0 Å². The number of imidazole rings is 1. The first-order valence-electron chi connectivity index (χ1n) is 7.94. The van der Waals surface area contributed by atoms with Crippen LogP contribution in [0, 0.1) is 12.8 Å². The van der Waals surface area contributed by atoms with Crippen LogP contribution in [0.3, 0.4) is 0 Å². The predicted molar refractivity (Wildman–Crippen MR) is 90.7 cm³/mol. The number of hydrogen-bond donors (Lipinski definition) is 0. The van der Waals surface area contributed by atoms with Crippen LogP contribution in [0.4, 0.5) is 0 Å². The number of rotatable bonds is 4. The van der Waals surface area contributed by atoms with Crippen molar-refractivity contribution in [2.75, 3.05) is 13.1 Å². The Bertz CT molecular complexity index is 1100. The zero-order chi connectivity index (χ0) is 17.8. The third-order valence-electron chi connectivity index (χ3n) is 4.70. The Balaban J connectivity index is 1.54. The van der Waals surface area contributed by atoms with Crippen LogP contribution in [0.15, 0.2) is 44.7 Å². The normalized spacial score (nSPS) is 16.4. The average molecular weight is 362 g/mol. The standard InChI is InChI=1S/C16H18N4O4S/c1-11-17-5-6-19(11)8-12-9-20(10-12)25(22,23)13-3-4-15-14(7-13)18(2)16(21)24-15/h3-7,12H,8-10H2,1-2H3. The first-order chi connectivity index (χ1) is 11.9. The minimum Gasteiger partial charge on any atom is -0.408 e. The van der Waals surface area contributed by atoms with E-state index in [0.29, 0.717) is 24.2 Å². The lowest BCUT2D eigenvalue weighted by atomic mass is 10.0. The molecule has 1 aromatic carbocycles. The molecule has 0 amide bonds. The highest BCUT2D eigenvalue weighted by molar-refractivity contribution is 7.89. The summed E-state index contributed by atoms with van der Waals surface area (Å²) in [5.41, 5.74) is 0.848. The van der Waals surface area contributed by atoms with Gasteiger partial charge in [0.05, 0.1) is 10.4 Å². The summed E-state index contributed by atoms with van der Waals surface area (Å²) in [5.74, 6) is 0.682. The fraction of sp³-hybridized carbons (Fsp3) is 0.375. The molecule has 0 atom stereocenters. The summed E-state index contributed by atoms with van der Waals surface area (Å²) >= 11 is 0. The third kappa shape index (κ3) is 2.59. The highest BCUT2D eigenvalue weighted by atomic mass is 32.2. The average Bonchev–Trinajstić information content (AvgIpc) is 3.06. The van der Waals surface area contributed by atoms with E-state index in [-0.39, 0.29) is 10.8 Å². The van der Waals surface area contributed by atoms with Gasteiger partial charge < -0.3 is 8.98 Å². The Morgan fingerprint density at radius 1 is 1.32 bits per heavy atom. The zero-order valence-corrected chi connectivity index (χ0v) is 14.7. The van der Waals surface area contributed by atoms with Crippen LogP contribution in [0.25, 0.3) is 11.1 Å². The third-order valence-corrected chi connectivity index (χ3v) is 6.53. The Kier molecular flexibility index (Phi) is 3.58. The van der Waals surface area contributed by atoms with Gasteiger partial charge in [-0.15, -0.1) is 0 Å². The molecule has 0 unspecified atom stereocenters. The largest absolute Gasteiger partial charge is 0.419 e. The maximum atomic E-state index is 12.8. The van der Waals surface area contributed by atoms with E-state index in [1.807, 2.05) is 17.7 Å². The second kappa shape index (κ2) is 5.57. The maximum absolute atomic E-state index is 12.8. The monoisotopic (exact) mass is 362 g/mol. The van der Waals surface area contributed by atoms with Crippen molar-refractivity contribution in [3.63, 3.8) is 0 Å². The molecule has 1 aliphatic rings. The summed E-state index contributed by atoms with van der Waals surface area (Å²) in [7, 11) is -2.02. The topological polar surface area (TPSA) is 90.3 Å². The Hall–Kier alpha value is -2.39. The first-order valence-corrected chi connectivity index (χ1v) is 9.38. The molecule has 132 valence electrons. The number of nitrogens with zero attached hydrogens (tertiary/aromatic N) is 4. The molecule has 0 radical (unpaired) electrons. The molecule has 25 heavy (non-hydrogen) atoms. The Morgan fingerprint density at radius 2 is 2.08 bits per heavy atom. The van der Waals surface area contributed by atoms with E-state index in [1.54, 1.807) is 13.2 Å². The molecule has 9 heteroatoms. The van der Waals surface area contributed by atoms with Gasteiger partial charge in [0.25, 0.3) is 0 Å². The SMILES string of the molecule is Cc1nccn1CC1CN(S(=O)(=O)c2ccc3oc(=O)n(C)c3c2)C1. The number of sulfonamides is 1. The molecule has 3 aromatic rings. The molecular formula is C16H18N4O4S. The maximum Gasteiger partial charge on any atom is 0.419 e. The number of aromatic nitrogens is 3. The lowest BCUT2D eigenvalue weighted by Crippen LogP contribution is -2.51. The molecule has 0 spiro atoms. The van der Waals surface area contributed by atoms with E-state index >= 15 is 0 Å². The second-order valence-corrected chi connectivity index (χ2v) is 8.31. The molecule has 0 bridgehead atoms.